The summed E-state index contributed by atoms with van der Waals surface area (Å²) in [6.07, 6.45) is -0.671. The van der Waals surface area contributed by atoms with Crippen LogP contribution in [0.15, 0.2) is 77.5 Å². The number of carbonyl (C=O) groups excluding carboxylic acids is 2. The van der Waals surface area contributed by atoms with Gasteiger partial charge in [-0.05, 0) is 43.5 Å². The maximum absolute atomic E-state index is 12.4. The Morgan fingerprint density at radius 1 is 0.941 bits per heavy atom. The van der Waals surface area contributed by atoms with Gasteiger partial charge >= 0.3 is 12.2 Å². The molecule has 0 saturated heterocycles. The largest absolute Gasteiger partial charge is 0.513 e. The summed E-state index contributed by atoms with van der Waals surface area (Å²) in [6.45, 7) is 6.45. The van der Waals surface area contributed by atoms with Crippen LogP contribution >= 0.6 is 0 Å². The lowest BCUT2D eigenvalue weighted by molar-refractivity contribution is 0.0889. The van der Waals surface area contributed by atoms with Crippen molar-refractivity contribution in [2.75, 3.05) is 13.7 Å². The number of amides is 1. The molecule has 8 nitrogen and oxygen atoms in total. The van der Waals surface area contributed by atoms with Crippen LogP contribution in [0.4, 0.5) is 9.59 Å². The van der Waals surface area contributed by atoms with Gasteiger partial charge in [0.05, 0.1) is 18.5 Å². The smallest absolute Gasteiger partial charge is 0.489 e. The summed E-state index contributed by atoms with van der Waals surface area (Å²) in [7, 11) is 1.24. The van der Waals surface area contributed by atoms with Crippen molar-refractivity contribution in [2.45, 2.75) is 39.7 Å². The number of benzene rings is 2. The van der Waals surface area contributed by atoms with Crippen molar-refractivity contribution in [3.63, 3.8) is 0 Å². The molecule has 0 radical (unpaired) electrons. The molecular formula is C26H30N2O6. The maximum atomic E-state index is 12.4. The summed E-state index contributed by atoms with van der Waals surface area (Å²) in [4.78, 5) is 24.3. The van der Waals surface area contributed by atoms with Gasteiger partial charge in [0, 0.05) is 6.54 Å². The minimum Gasteiger partial charge on any atom is -0.489 e. The fourth-order valence-electron chi connectivity index (χ4n) is 3.52. The highest BCUT2D eigenvalue weighted by Crippen LogP contribution is 2.39. The van der Waals surface area contributed by atoms with Gasteiger partial charge in [-0.1, -0.05) is 49.4 Å². The molecule has 0 bridgehead atoms. The molecule has 0 aliphatic carbocycles. The van der Waals surface area contributed by atoms with Gasteiger partial charge in [-0.15, -0.1) is 0 Å². The van der Waals surface area contributed by atoms with E-state index in [-0.39, 0.29) is 5.76 Å². The number of hydrogen-bond acceptors (Lipinski definition) is 7. The number of ether oxygens (including phenoxy) is 4. The maximum Gasteiger partial charge on any atom is 0.513 e. The van der Waals surface area contributed by atoms with Crippen LogP contribution in [0, 0.1) is 0 Å². The molecule has 0 fully saturated rings. The van der Waals surface area contributed by atoms with E-state index < -0.39 is 18.2 Å². The molecule has 2 N–H and O–H groups in total. The number of dihydropyridines is 1. The number of nitrogens with one attached hydrogen (secondary N) is 2. The van der Waals surface area contributed by atoms with Crippen LogP contribution in [0.1, 0.15) is 44.2 Å². The van der Waals surface area contributed by atoms with E-state index in [0.29, 0.717) is 36.1 Å². The molecule has 0 aromatic heterocycles. The van der Waals surface area contributed by atoms with Crippen LogP contribution in [0.25, 0.3) is 0 Å². The van der Waals surface area contributed by atoms with E-state index in [4.69, 9.17) is 18.9 Å². The Balaban J connectivity index is 1.88. The van der Waals surface area contributed by atoms with Crippen LogP contribution in [0.2, 0.25) is 0 Å². The van der Waals surface area contributed by atoms with Crippen molar-refractivity contribution in [2.24, 2.45) is 0 Å². The Kier molecular flexibility index (Phi) is 8.56. The van der Waals surface area contributed by atoms with E-state index in [9.17, 15) is 9.59 Å². The third-order valence-electron chi connectivity index (χ3n) is 5.18. The van der Waals surface area contributed by atoms with Crippen molar-refractivity contribution in [3.8, 4) is 5.75 Å². The third kappa shape index (κ3) is 6.31. The highest BCUT2D eigenvalue weighted by Gasteiger charge is 2.35. The van der Waals surface area contributed by atoms with Gasteiger partial charge in [-0.2, -0.15) is 0 Å². The molecule has 1 atom stereocenters. The monoisotopic (exact) mass is 466 g/mol. The van der Waals surface area contributed by atoms with Crippen molar-refractivity contribution >= 4 is 12.2 Å². The van der Waals surface area contributed by atoms with Gasteiger partial charge in [-0.25, -0.2) is 9.59 Å². The Labute approximate surface area is 199 Å². The van der Waals surface area contributed by atoms with Crippen LogP contribution in [0.5, 0.6) is 5.75 Å². The third-order valence-corrected chi connectivity index (χ3v) is 5.18. The molecule has 0 spiro atoms. The Morgan fingerprint density at radius 2 is 1.59 bits per heavy atom. The van der Waals surface area contributed by atoms with Gasteiger partial charge in [0.1, 0.15) is 29.8 Å². The topological polar surface area (TPSA) is 95.1 Å². The zero-order chi connectivity index (χ0) is 24.5. The summed E-state index contributed by atoms with van der Waals surface area (Å²) in [5.74, 6) is 0.655. The van der Waals surface area contributed by atoms with Crippen molar-refractivity contribution < 1.29 is 28.5 Å². The first-order chi connectivity index (χ1) is 16.4. The molecule has 1 aliphatic rings. The number of allylic oxidation sites excluding steroid dienone is 2. The standard InChI is InChI=1S/C26H30N2O6/c1-5-15-27-25(29)33-23-17(2)28-18(3)24(34-26(30)31-4)22(23)20-11-13-21(14-12-20)32-16-19-9-7-6-8-10-19/h6-14,22,28H,5,15-16H2,1-4H3,(H,27,29). The quantitative estimate of drug-likeness (QED) is 0.508. The van der Waals surface area contributed by atoms with E-state index in [1.54, 1.807) is 13.8 Å². The fraction of sp³-hybridized carbons (Fsp3) is 0.308. The first-order valence-electron chi connectivity index (χ1n) is 11.1. The first-order valence-corrected chi connectivity index (χ1v) is 11.1. The molecule has 180 valence electrons. The summed E-state index contributed by atoms with van der Waals surface area (Å²) < 4.78 is 21.7. The normalized spacial score (nSPS) is 15.4. The van der Waals surface area contributed by atoms with Gasteiger partial charge in [0.2, 0.25) is 0 Å². The average molecular weight is 467 g/mol. The van der Waals surface area contributed by atoms with Crippen LogP contribution in [-0.4, -0.2) is 25.9 Å². The second kappa shape index (κ2) is 11.8. The Bertz CT molecular complexity index is 1060. The Hall–Kier alpha value is -3.94. The van der Waals surface area contributed by atoms with E-state index in [0.717, 1.165) is 17.5 Å². The van der Waals surface area contributed by atoms with Gasteiger partial charge < -0.3 is 29.6 Å². The van der Waals surface area contributed by atoms with E-state index in [1.165, 1.54) is 7.11 Å². The van der Waals surface area contributed by atoms with E-state index in [1.807, 2.05) is 61.5 Å². The first kappa shape index (κ1) is 24.7. The molecule has 3 rings (SSSR count). The van der Waals surface area contributed by atoms with Gasteiger partial charge in [0.15, 0.2) is 0 Å². The summed E-state index contributed by atoms with van der Waals surface area (Å²) in [5.41, 5.74) is 3.06. The lowest BCUT2D eigenvalue weighted by Gasteiger charge is -2.30. The van der Waals surface area contributed by atoms with Crippen molar-refractivity contribution in [1.82, 2.24) is 10.6 Å². The highest BCUT2D eigenvalue weighted by molar-refractivity contribution is 5.69. The zero-order valence-electron chi connectivity index (χ0n) is 19.8. The highest BCUT2D eigenvalue weighted by atomic mass is 16.7. The van der Waals surface area contributed by atoms with Crippen molar-refractivity contribution in [3.05, 3.63) is 88.6 Å². The number of hydrogen-bond donors (Lipinski definition) is 2. The molecule has 1 heterocycles. The number of carbonyl (C=O) groups is 2. The molecule has 2 aromatic carbocycles. The lowest BCUT2D eigenvalue weighted by Crippen LogP contribution is -2.32. The number of rotatable bonds is 8. The number of methoxy groups -OCH3 is 1. The minimum atomic E-state index is -0.863. The average Bonchev–Trinajstić information content (AvgIpc) is 2.85. The molecular weight excluding hydrogens is 436 g/mol. The minimum absolute atomic E-state index is 0.286. The zero-order valence-corrected chi connectivity index (χ0v) is 19.8. The molecule has 1 unspecified atom stereocenters. The van der Waals surface area contributed by atoms with Crippen LogP contribution in [-0.2, 0) is 20.8 Å². The SMILES string of the molecule is CCCNC(=O)OC1=C(C)NC(C)=C(OC(=O)OC)C1c1ccc(OCc2ccccc2)cc1. The molecule has 8 heteroatoms. The second-order valence-corrected chi connectivity index (χ2v) is 7.75. The Morgan fingerprint density at radius 3 is 2.21 bits per heavy atom. The number of alkyl carbamates (subject to hydrolysis) is 1. The second-order valence-electron chi connectivity index (χ2n) is 7.75. The molecule has 1 amide bonds. The molecule has 2 aromatic rings. The van der Waals surface area contributed by atoms with E-state index in [2.05, 4.69) is 10.6 Å². The van der Waals surface area contributed by atoms with Crippen molar-refractivity contribution in [1.29, 1.82) is 0 Å². The van der Waals surface area contributed by atoms with Gasteiger partial charge in [-0.3, -0.25) is 0 Å². The fourth-order valence-corrected chi connectivity index (χ4v) is 3.52. The molecule has 1 aliphatic heterocycles. The van der Waals surface area contributed by atoms with E-state index >= 15 is 0 Å². The predicted molar refractivity (Wildman–Crippen MR) is 127 cm³/mol. The van der Waals surface area contributed by atoms with Crippen LogP contribution < -0.4 is 15.4 Å². The predicted octanol–water partition coefficient (Wildman–Crippen LogP) is 5.33. The lowest BCUT2D eigenvalue weighted by atomic mass is 9.90. The summed E-state index contributed by atoms with van der Waals surface area (Å²) in [5, 5.41) is 5.82. The summed E-state index contributed by atoms with van der Waals surface area (Å²) in [6, 6.07) is 17.2. The summed E-state index contributed by atoms with van der Waals surface area (Å²) >= 11 is 0. The van der Waals surface area contributed by atoms with Crippen LogP contribution in [0.3, 0.4) is 0 Å². The molecule has 0 saturated carbocycles. The van der Waals surface area contributed by atoms with Gasteiger partial charge in [0.25, 0.3) is 0 Å². The molecule has 34 heavy (non-hydrogen) atoms.